The maximum Gasteiger partial charge on any atom is 0.255 e. The van der Waals surface area contributed by atoms with Gasteiger partial charge in [-0.15, -0.1) is 0 Å². The number of amides is 1. The summed E-state index contributed by atoms with van der Waals surface area (Å²) in [6.07, 6.45) is 4.31. The lowest BCUT2D eigenvalue weighted by molar-refractivity contribution is 0.100. The molecule has 7 heteroatoms. The average molecular weight is 263 g/mol. The molecule has 2 rings (SSSR count). The van der Waals surface area contributed by atoms with E-state index in [-0.39, 0.29) is 11.4 Å². The number of hydrogen-bond acceptors (Lipinski definition) is 6. The third-order valence-electron chi connectivity index (χ3n) is 2.41. The highest BCUT2D eigenvalue weighted by atomic mass is 32.1. The van der Waals surface area contributed by atoms with Crippen molar-refractivity contribution in [3.05, 3.63) is 35.7 Å². The van der Waals surface area contributed by atoms with Gasteiger partial charge >= 0.3 is 0 Å². The predicted octanol–water partition coefficient (Wildman–Crippen LogP) is 0.874. The standard InChI is InChI=1S/C11H13N5OS/c12-9-8(10(13)17)11(18-16-9)15-6-3-7-1-4-14-5-2-7/h1-2,4-5,15H,3,6H2,(H2,12,16)(H2,13,17). The molecule has 5 N–H and O–H groups in total. The molecule has 0 bridgehead atoms. The van der Waals surface area contributed by atoms with E-state index < -0.39 is 5.91 Å². The van der Waals surface area contributed by atoms with Crippen molar-refractivity contribution in [2.75, 3.05) is 17.6 Å². The van der Waals surface area contributed by atoms with Crippen LogP contribution in [-0.2, 0) is 6.42 Å². The summed E-state index contributed by atoms with van der Waals surface area (Å²) in [4.78, 5) is 15.1. The fourth-order valence-electron chi connectivity index (χ4n) is 1.53. The van der Waals surface area contributed by atoms with E-state index in [1.54, 1.807) is 12.4 Å². The Morgan fingerprint density at radius 3 is 2.78 bits per heavy atom. The van der Waals surface area contributed by atoms with Crippen LogP contribution in [0.3, 0.4) is 0 Å². The van der Waals surface area contributed by atoms with E-state index in [1.807, 2.05) is 12.1 Å². The quantitative estimate of drug-likeness (QED) is 0.742. The van der Waals surface area contributed by atoms with Crippen LogP contribution in [0.2, 0.25) is 0 Å². The van der Waals surface area contributed by atoms with Gasteiger partial charge in [-0.25, -0.2) is 0 Å². The van der Waals surface area contributed by atoms with Gasteiger partial charge in [0, 0.05) is 18.9 Å². The second-order valence-corrected chi connectivity index (χ2v) is 4.44. The molecular formula is C11H13N5OS. The zero-order valence-electron chi connectivity index (χ0n) is 9.59. The highest BCUT2D eigenvalue weighted by molar-refractivity contribution is 7.11. The monoisotopic (exact) mass is 263 g/mol. The molecule has 6 nitrogen and oxygen atoms in total. The van der Waals surface area contributed by atoms with Crippen molar-refractivity contribution in [3.8, 4) is 0 Å². The van der Waals surface area contributed by atoms with Crippen LogP contribution in [0, 0.1) is 0 Å². The normalized spacial score (nSPS) is 10.2. The number of pyridine rings is 1. The lowest BCUT2D eigenvalue weighted by Crippen LogP contribution is -2.15. The van der Waals surface area contributed by atoms with Crippen molar-refractivity contribution < 1.29 is 4.79 Å². The van der Waals surface area contributed by atoms with Gasteiger partial charge < -0.3 is 16.8 Å². The molecule has 0 aliphatic heterocycles. The first-order valence-corrected chi connectivity index (χ1v) is 6.13. The highest BCUT2D eigenvalue weighted by Crippen LogP contribution is 2.25. The Morgan fingerprint density at radius 1 is 1.39 bits per heavy atom. The zero-order valence-corrected chi connectivity index (χ0v) is 10.4. The summed E-state index contributed by atoms with van der Waals surface area (Å²) in [5.41, 5.74) is 12.3. The van der Waals surface area contributed by atoms with Crippen LogP contribution in [0.1, 0.15) is 15.9 Å². The summed E-state index contributed by atoms with van der Waals surface area (Å²) in [5.74, 6) is -0.383. The Morgan fingerprint density at radius 2 is 2.11 bits per heavy atom. The smallest absolute Gasteiger partial charge is 0.255 e. The number of primary amides is 1. The van der Waals surface area contributed by atoms with E-state index in [2.05, 4.69) is 14.7 Å². The number of nitrogens with zero attached hydrogens (tertiary/aromatic N) is 2. The molecule has 0 saturated heterocycles. The Labute approximate surface area is 108 Å². The summed E-state index contributed by atoms with van der Waals surface area (Å²) in [5, 5.41) is 3.74. The molecule has 1 amide bonds. The summed E-state index contributed by atoms with van der Waals surface area (Å²) in [6.45, 7) is 0.673. The third-order valence-corrected chi connectivity index (χ3v) is 3.23. The first-order chi connectivity index (χ1) is 8.68. The molecule has 0 aliphatic rings. The molecule has 0 fully saturated rings. The third kappa shape index (κ3) is 2.75. The van der Waals surface area contributed by atoms with E-state index >= 15 is 0 Å². The van der Waals surface area contributed by atoms with Crippen LogP contribution < -0.4 is 16.8 Å². The molecule has 0 unspecified atom stereocenters. The highest BCUT2D eigenvalue weighted by Gasteiger charge is 2.15. The molecule has 0 aromatic carbocycles. The fourth-order valence-corrected chi connectivity index (χ4v) is 2.28. The number of carbonyl (C=O) groups excluding carboxylic acids is 1. The van der Waals surface area contributed by atoms with Gasteiger partial charge in [0.1, 0.15) is 10.6 Å². The number of anilines is 2. The first-order valence-electron chi connectivity index (χ1n) is 5.36. The van der Waals surface area contributed by atoms with Crippen molar-refractivity contribution in [2.24, 2.45) is 5.73 Å². The average Bonchev–Trinajstić information content (AvgIpc) is 2.72. The van der Waals surface area contributed by atoms with Gasteiger partial charge in [0.15, 0.2) is 5.82 Å². The lowest BCUT2D eigenvalue weighted by atomic mass is 10.2. The molecule has 2 heterocycles. The largest absolute Gasteiger partial charge is 0.382 e. The predicted molar refractivity (Wildman–Crippen MR) is 71.5 cm³/mol. The second kappa shape index (κ2) is 5.46. The fraction of sp³-hybridized carbons (Fsp3) is 0.182. The van der Waals surface area contributed by atoms with Crippen molar-refractivity contribution >= 4 is 28.3 Å². The summed E-state index contributed by atoms with van der Waals surface area (Å²) in [7, 11) is 0. The maximum absolute atomic E-state index is 11.2. The second-order valence-electron chi connectivity index (χ2n) is 3.67. The topological polar surface area (TPSA) is 107 Å². The minimum atomic E-state index is -0.562. The van der Waals surface area contributed by atoms with E-state index in [1.165, 1.54) is 0 Å². The van der Waals surface area contributed by atoms with Crippen LogP contribution in [0.15, 0.2) is 24.5 Å². The first kappa shape index (κ1) is 12.3. The molecule has 0 saturated carbocycles. The van der Waals surface area contributed by atoms with Gasteiger partial charge in [0.25, 0.3) is 5.91 Å². The Hall–Kier alpha value is -2.15. The van der Waals surface area contributed by atoms with E-state index in [0.29, 0.717) is 11.5 Å². The lowest BCUT2D eigenvalue weighted by Gasteiger charge is -2.05. The molecule has 0 aliphatic carbocycles. The maximum atomic E-state index is 11.2. The number of hydrogen-bond donors (Lipinski definition) is 3. The van der Waals surface area contributed by atoms with Gasteiger partial charge in [0.2, 0.25) is 0 Å². The minimum Gasteiger partial charge on any atom is -0.382 e. The molecule has 2 aromatic heterocycles. The molecule has 0 spiro atoms. The van der Waals surface area contributed by atoms with Crippen molar-refractivity contribution in [2.45, 2.75) is 6.42 Å². The van der Waals surface area contributed by atoms with Crippen LogP contribution in [0.5, 0.6) is 0 Å². The molecule has 2 aromatic rings. The van der Waals surface area contributed by atoms with Gasteiger partial charge in [-0.05, 0) is 35.6 Å². The van der Waals surface area contributed by atoms with E-state index in [0.717, 1.165) is 23.5 Å². The van der Waals surface area contributed by atoms with Gasteiger partial charge in [-0.2, -0.15) is 4.37 Å². The van der Waals surface area contributed by atoms with Crippen LogP contribution >= 0.6 is 11.5 Å². The summed E-state index contributed by atoms with van der Waals surface area (Å²) >= 11 is 1.14. The van der Waals surface area contributed by atoms with Gasteiger partial charge in [-0.3, -0.25) is 9.78 Å². The Bertz CT molecular complexity index is 540. The summed E-state index contributed by atoms with van der Waals surface area (Å²) < 4.78 is 3.91. The summed E-state index contributed by atoms with van der Waals surface area (Å²) in [6, 6.07) is 3.88. The molecule has 0 atom stereocenters. The zero-order chi connectivity index (χ0) is 13.0. The minimum absolute atomic E-state index is 0.180. The van der Waals surface area contributed by atoms with E-state index in [4.69, 9.17) is 11.5 Å². The number of rotatable bonds is 5. The number of nitrogen functional groups attached to an aromatic ring is 1. The number of nitrogens with two attached hydrogens (primary N) is 2. The van der Waals surface area contributed by atoms with Crippen molar-refractivity contribution in [1.29, 1.82) is 0 Å². The van der Waals surface area contributed by atoms with E-state index in [9.17, 15) is 4.79 Å². The van der Waals surface area contributed by atoms with Gasteiger partial charge in [0.05, 0.1) is 0 Å². The number of carbonyl (C=O) groups is 1. The molecule has 18 heavy (non-hydrogen) atoms. The number of aromatic nitrogens is 2. The number of nitrogens with one attached hydrogen (secondary N) is 1. The Balaban J connectivity index is 1.97. The van der Waals surface area contributed by atoms with Crippen LogP contribution in [0.4, 0.5) is 10.8 Å². The molecule has 94 valence electrons. The van der Waals surface area contributed by atoms with Gasteiger partial charge in [-0.1, -0.05) is 0 Å². The van der Waals surface area contributed by atoms with Crippen molar-refractivity contribution in [1.82, 2.24) is 9.36 Å². The van der Waals surface area contributed by atoms with Crippen molar-refractivity contribution in [3.63, 3.8) is 0 Å². The Kier molecular flexibility index (Phi) is 3.73. The van der Waals surface area contributed by atoms with Crippen LogP contribution in [0.25, 0.3) is 0 Å². The molecular weight excluding hydrogens is 250 g/mol. The molecule has 0 radical (unpaired) electrons. The SMILES string of the molecule is NC(=O)c1c(N)nsc1NCCc1ccncc1. The van der Waals surface area contributed by atoms with Crippen LogP contribution in [-0.4, -0.2) is 21.8 Å².